The summed E-state index contributed by atoms with van der Waals surface area (Å²) in [6, 6.07) is 8.50. The van der Waals surface area contributed by atoms with Gasteiger partial charge in [0, 0.05) is 32.6 Å². The molecule has 4 nitrogen and oxygen atoms in total. The van der Waals surface area contributed by atoms with Crippen molar-refractivity contribution in [3.8, 4) is 5.75 Å². The Morgan fingerprint density at radius 1 is 1.26 bits per heavy atom. The van der Waals surface area contributed by atoms with Crippen LogP contribution in [0, 0.1) is 5.92 Å². The van der Waals surface area contributed by atoms with Gasteiger partial charge in [0.15, 0.2) is 5.96 Å². The standard InChI is InChI=1S/C19H29N3O/c1-20-19(21-12-3-4-15-5-6-15)22-13-11-17(14-22)16-7-9-18(23-2)10-8-16/h7-10,15,17H,3-6,11-14H2,1-2H3,(H,20,21). The van der Waals surface area contributed by atoms with E-state index in [2.05, 4.69) is 39.5 Å². The number of hydrogen-bond acceptors (Lipinski definition) is 2. The van der Waals surface area contributed by atoms with E-state index in [9.17, 15) is 0 Å². The van der Waals surface area contributed by atoms with E-state index < -0.39 is 0 Å². The molecule has 1 saturated carbocycles. The lowest BCUT2D eigenvalue weighted by atomic mass is 9.98. The second-order valence-electron chi connectivity index (χ2n) is 6.76. The second kappa shape index (κ2) is 7.71. The van der Waals surface area contributed by atoms with Crippen molar-refractivity contribution >= 4 is 5.96 Å². The Morgan fingerprint density at radius 2 is 2.04 bits per heavy atom. The molecule has 1 N–H and O–H groups in total. The van der Waals surface area contributed by atoms with Gasteiger partial charge in [-0.15, -0.1) is 0 Å². The lowest BCUT2D eigenvalue weighted by Gasteiger charge is -2.22. The maximum absolute atomic E-state index is 5.25. The minimum absolute atomic E-state index is 0.589. The number of methoxy groups -OCH3 is 1. The molecule has 1 aromatic carbocycles. The molecule has 2 fully saturated rings. The van der Waals surface area contributed by atoms with Crippen LogP contribution >= 0.6 is 0 Å². The molecule has 0 radical (unpaired) electrons. The van der Waals surface area contributed by atoms with Crippen LogP contribution < -0.4 is 10.1 Å². The SMILES string of the molecule is CN=C(NCCCC1CC1)N1CCC(c2ccc(OC)cc2)C1. The molecule has 3 rings (SSSR count). The lowest BCUT2D eigenvalue weighted by Crippen LogP contribution is -2.40. The van der Waals surface area contributed by atoms with Gasteiger partial charge in [-0.2, -0.15) is 0 Å². The molecule has 126 valence electrons. The third-order valence-electron chi connectivity index (χ3n) is 5.06. The maximum Gasteiger partial charge on any atom is 0.193 e. The molecular weight excluding hydrogens is 286 g/mol. The number of guanidine groups is 1. The number of nitrogens with zero attached hydrogens (tertiary/aromatic N) is 2. The lowest BCUT2D eigenvalue weighted by molar-refractivity contribution is 0.414. The number of aliphatic imine (C=N–C) groups is 1. The monoisotopic (exact) mass is 315 g/mol. The fraction of sp³-hybridized carbons (Fsp3) is 0.632. The number of nitrogens with one attached hydrogen (secondary N) is 1. The van der Waals surface area contributed by atoms with Gasteiger partial charge in [0.05, 0.1) is 7.11 Å². The predicted octanol–water partition coefficient (Wildman–Crippen LogP) is 3.25. The van der Waals surface area contributed by atoms with Crippen molar-refractivity contribution < 1.29 is 4.74 Å². The van der Waals surface area contributed by atoms with Crippen LogP contribution in [-0.4, -0.2) is 44.7 Å². The topological polar surface area (TPSA) is 36.9 Å². The summed E-state index contributed by atoms with van der Waals surface area (Å²) >= 11 is 0. The fourth-order valence-corrected chi connectivity index (χ4v) is 3.43. The highest BCUT2D eigenvalue weighted by Gasteiger charge is 2.26. The molecule has 1 heterocycles. The first-order chi connectivity index (χ1) is 11.3. The number of rotatable bonds is 6. The minimum Gasteiger partial charge on any atom is -0.497 e. The van der Waals surface area contributed by atoms with E-state index in [4.69, 9.17) is 4.74 Å². The van der Waals surface area contributed by atoms with Crippen molar-refractivity contribution in [2.45, 2.75) is 38.0 Å². The predicted molar refractivity (Wildman–Crippen MR) is 95.2 cm³/mol. The van der Waals surface area contributed by atoms with Crippen molar-refractivity contribution in [1.29, 1.82) is 0 Å². The van der Waals surface area contributed by atoms with Gasteiger partial charge >= 0.3 is 0 Å². The minimum atomic E-state index is 0.589. The third-order valence-corrected chi connectivity index (χ3v) is 5.06. The van der Waals surface area contributed by atoms with Crippen molar-refractivity contribution in [1.82, 2.24) is 10.2 Å². The van der Waals surface area contributed by atoms with Crippen LogP contribution in [0.15, 0.2) is 29.3 Å². The highest BCUT2D eigenvalue weighted by Crippen LogP contribution is 2.33. The van der Waals surface area contributed by atoms with Crippen molar-refractivity contribution in [3.05, 3.63) is 29.8 Å². The summed E-state index contributed by atoms with van der Waals surface area (Å²) in [6.07, 6.45) is 6.72. The smallest absolute Gasteiger partial charge is 0.193 e. The zero-order chi connectivity index (χ0) is 16.1. The Bertz CT molecular complexity index is 522. The van der Waals surface area contributed by atoms with E-state index in [0.29, 0.717) is 5.92 Å². The first-order valence-corrected chi connectivity index (χ1v) is 8.89. The fourth-order valence-electron chi connectivity index (χ4n) is 3.43. The van der Waals surface area contributed by atoms with E-state index in [1.165, 1.54) is 37.7 Å². The van der Waals surface area contributed by atoms with Crippen molar-refractivity contribution in [2.24, 2.45) is 10.9 Å². The van der Waals surface area contributed by atoms with Gasteiger partial charge in [-0.25, -0.2) is 0 Å². The average Bonchev–Trinajstić information content (AvgIpc) is 3.29. The van der Waals surface area contributed by atoms with Crippen molar-refractivity contribution in [2.75, 3.05) is 33.8 Å². The summed E-state index contributed by atoms with van der Waals surface area (Å²) < 4.78 is 5.25. The summed E-state index contributed by atoms with van der Waals surface area (Å²) in [4.78, 5) is 6.86. The van der Waals surface area contributed by atoms with Gasteiger partial charge in [-0.1, -0.05) is 25.0 Å². The number of hydrogen-bond donors (Lipinski definition) is 1. The molecule has 0 bridgehead atoms. The highest BCUT2D eigenvalue weighted by atomic mass is 16.5. The van der Waals surface area contributed by atoms with Gasteiger partial charge in [-0.05, 0) is 42.9 Å². The molecule has 1 unspecified atom stereocenters. The van der Waals surface area contributed by atoms with Crippen LogP contribution in [0.3, 0.4) is 0 Å². The Hall–Kier alpha value is -1.71. The molecule has 1 aliphatic heterocycles. The molecule has 0 aromatic heterocycles. The van der Waals surface area contributed by atoms with Gasteiger partial charge < -0.3 is 15.0 Å². The first kappa shape index (κ1) is 16.2. The van der Waals surface area contributed by atoms with Crippen LogP contribution in [0.25, 0.3) is 0 Å². The summed E-state index contributed by atoms with van der Waals surface area (Å²) in [5.41, 5.74) is 1.40. The Kier molecular flexibility index (Phi) is 5.42. The van der Waals surface area contributed by atoms with E-state index >= 15 is 0 Å². The molecule has 1 saturated heterocycles. The third kappa shape index (κ3) is 4.40. The number of benzene rings is 1. The molecule has 1 atom stereocenters. The molecule has 4 heteroatoms. The maximum atomic E-state index is 5.25. The summed E-state index contributed by atoms with van der Waals surface area (Å²) in [5.74, 6) is 3.60. The van der Waals surface area contributed by atoms with E-state index in [1.807, 2.05) is 7.05 Å². The summed E-state index contributed by atoms with van der Waals surface area (Å²) in [5, 5.41) is 3.54. The summed E-state index contributed by atoms with van der Waals surface area (Å²) in [6.45, 7) is 3.18. The average molecular weight is 315 g/mol. The highest BCUT2D eigenvalue weighted by molar-refractivity contribution is 5.80. The van der Waals surface area contributed by atoms with Gasteiger partial charge in [-0.3, -0.25) is 4.99 Å². The van der Waals surface area contributed by atoms with Crippen LogP contribution in [-0.2, 0) is 0 Å². The molecule has 1 aromatic rings. The van der Waals surface area contributed by atoms with Crippen LogP contribution in [0.4, 0.5) is 0 Å². The number of likely N-dealkylation sites (tertiary alicyclic amines) is 1. The van der Waals surface area contributed by atoms with Crippen molar-refractivity contribution in [3.63, 3.8) is 0 Å². The molecule has 23 heavy (non-hydrogen) atoms. The van der Waals surface area contributed by atoms with E-state index in [0.717, 1.165) is 37.3 Å². The number of ether oxygens (including phenoxy) is 1. The van der Waals surface area contributed by atoms with Crippen LogP contribution in [0.5, 0.6) is 5.75 Å². The zero-order valence-corrected chi connectivity index (χ0v) is 14.4. The Labute approximate surface area is 139 Å². The molecule has 0 amide bonds. The van der Waals surface area contributed by atoms with Gasteiger partial charge in [0.1, 0.15) is 5.75 Å². The zero-order valence-electron chi connectivity index (χ0n) is 14.4. The van der Waals surface area contributed by atoms with E-state index in [1.54, 1.807) is 7.11 Å². The van der Waals surface area contributed by atoms with E-state index in [-0.39, 0.29) is 0 Å². The second-order valence-corrected chi connectivity index (χ2v) is 6.76. The molecule has 0 spiro atoms. The molecule has 2 aliphatic rings. The molecule has 1 aliphatic carbocycles. The Morgan fingerprint density at radius 3 is 2.70 bits per heavy atom. The quantitative estimate of drug-likeness (QED) is 0.497. The summed E-state index contributed by atoms with van der Waals surface area (Å²) in [7, 11) is 3.61. The molecular formula is C19H29N3O. The Balaban J connectivity index is 1.48. The first-order valence-electron chi connectivity index (χ1n) is 8.89. The normalized spacial score (nSPS) is 21.6. The largest absolute Gasteiger partial charge is 0.497 e. The van der Waals surface area contributed by atoms with Gasteiger partial charge in [0.25, 0.3) is 0 Å². The van der Waals surface area contributed by atoms with Gasteiger partial charge in [0.2, 0.25) is 0 Å². The van der Waals surface area contributed by atoms with Crippen LogP contribution in [0.2, 0.25) is 0 Å². The van der Waals surface area contributed by atoms with Crippen LogP contribution in [0.1, 0.15) is 43.6 Å².